The number of ether oxygens (including phenoxy) is 1. The van der Waals surface area contributed by atoms with Gasteiger partial charge in [-0.05, 0) is 48.6 Å². The molecule has 1 amide bonds. The molecule has 0 saturated carbocycles. The minimum atomic E-state index is -2.15. The second-order valence-corrected chi connectivity index (χ2v) is 9.65. The van der Waals surface area contributed by atoms with E-state index in [0.717, 1.165) is 28.8 Å². The minimum Gasteiger partial charge on any atom is -0.496 e. The maximum atomic E-state index is 14.0. The molecule has 4 aromatic rings. The van der Waals surface area contributed by atoms with Gasteiger partial charge in [-0.25, -0.2) is 9.19 Å². The standard InChI is InChI=1S/C29H32N4O4S/c1-3-22-19-30-28(31-22)26(18-21-13-15-23(16-14-21)33-38(35)36)32-29(34)25(17-20-9-5-4-6-10-20)24-11-7-8-12-27(24)37-2/h4-16,19,25-26,33H,3,17-18H2,1-2H3,(H,30,31)(H,32,34)(H,35,36)/t25?,26-/m0/s1. The number of imidazole rings is 1. The summed E-state index contributed by atoms with van der Waals surface area (Å²) in [6.07, 6.45) is 3.58. The van der Waals surface area contributed by atoms with Gasteiger partial charge in [-0.2, -0.15) is 0 Å². The lowest BCUT2D eigenvalue weighted by molar-refractivity contribution is -0.123. The molecular weight excluding hydrogens is 500 g/mol. The number of carbonyl (C=O) groups excluding carboxylic acids is 1. The molecule has 198 valence electrons. The monoisotopic (exact) mass is 532 g/mol. The molecule has 3 atom stereocenters. The molecule has 0 fully saturated rings. The van der Waals surface area contributed by atoms with Crippen LogP contribution in [0.15, 0.2) is 85.1 Å². The quantitative estimate of drug-likeness (QED) is 0.193. The molecule has 0 bridgehead atoms. The van der Waals surface area contributed by atoms with Gasteiger partial charge < -0.3 is 15.0 Å². The molecule has 0 aliphatic carbocycles. The van der Waals surface area contributed by atoms with Gasteiger partial charge >= 0.3 is 0 Å². The van der Waals surface area contributed by atoms with Crippen molar-refractivity contribution in [3.8, 4) is 5.75 Å². The van der Waals surface area contributed by atoms with E-state index in [9.17, 15) is 9.00 Å². The van der Waals surface area contributed by atoms with Crippen LogP contribution in [0.1, 0.15) is 47.1 Å². The number of anilines is 1. The Morgan fingerprint density at radius 3 is 2.34 bits per heavy atom. The van der Waals surface area contributed by atoms with E-state index in [1.165, 1.54) is 0 Å². The lowest BCUT2D eigenvalue weighted by Crippen LogP contribution is -2.35. The number of methoxy groups -OCH3 is 1. The Kier molecular flexibility index (Phi) is 9.29. The van der Waals surface area contributed by atoms with Crippen molar-refractivity contribution in [1.82, 2.24) is 15.3 Å². The highest BCUT2D eigenvalue weighted by atomic mass is 32.2. The Bertz CT molecular complexity index is 1360. The van der Waals surface area contributed by atoms with Gasteiger partial charge in [0.05, 0.1) is 19.1 Å². The number of hydrogen-bond acceptors (Lipinski definition) is 4. The second kappa shape index (κ2) is 13.0. The average Bonchev–Trinajstić information content (AvgIpc) is 3.42. The summed E-state index contributed by atoms with van der Waals surface area (Å²) >= 11 is -2.15. The van der Waals surface area contributed by atoms with Crippen LogP contribution in [0.2, 0.25) is 0 Å². The van der Waals surface area contributed by atoms with Gasteiger partial charge in [0.2, 0.25) is 5.91 Å². The highest BCUT2D eigenvalue weighted by Crippen LogP contribution is 2.31. The summed E-state index contributed by atoms with van der Waals surface area (Å²) in [7, 11) is 1.61. The fraction of sp³-hybridized carbons (Fsp3) is 0.241. The third-order valence-electron chi connectivity index (χ3n) is 6.39. The zero-order chi connectivity index (χ0) is 26.9. The summed E-state index contributed by atoms with van der Waals surface area (Å²) in [6.45, 7) is 2.04. The molecule has 4 rings (SSSR count). The molecule has 0 spiro atoms. The number of aromatic amines is 1. The van der Waals surface area contributed by atoms with Crippen LogP contribution in [-0.4, -0.2) is 31.7 Å². The van der Waals surface area contributed by atoms with Crippen LogP contribution in [0, 0.1) is 0 Å². The Balaban J connectivity index is 1.64. The largest absolute Gasteiger partial charge is 0.496 e. The zero-order valence-electron chi connectivity index (χ0n) is 21.4. The van der Waals surface area contributed by atoms with Gasteiger partial charge in [0, 0.05) is 23.1 Å². The Morgan fingerprint density at radius 2 is 1.68 bits per heavy atom. The maximum absolute atomic E-state index is 14.0. The molecule has 2 unspecified atom stereocenters. The van der Waals surface area contributed by atoms with E-state index in [1.54, 1.807) is 25.4 Å². The zero-order valence-corrected chi connectivity index (χ0v) is 22.2. The van der Waals surface area contributed by atoms with Crippen molar-refractivity contribution >= 4 is 22.9 Å². The van der Waals surface area contributed by atoms with Crippen LogP contribution in [0.25, 0.3) is 0 Å². The molecule has 38 heavy (non-hydrogen) atoms. The molecule has 0 radical (unpaired) electrons. The predicted octanol–water partition coefficient (Wildman–Crippen LogP) is 4.96. The van der Waals surface area contributed by atoms with Crippen LogP contribution >= 0.6 is 0 Å². The van der Waals surface area contributed by atoms with Gasteiger partial charge in [-0.3, -0.25) is 14.1 Å². The lowest BCUT2D eigenvalue weighted by atomic mass is 9.90. The highest BCUT2D eigenvalue weighted by Gasteiger charge is 2.28. The number of nitrogens with one attached hydrogen (secondary N) is 3. The fourth-order valence-corrected chi connectivity index (χ4v) is 4.75. The first-order valence-corrected chi connectivity index (χ1v) is 13.5. The molecule has 0 aliphatic heterocycles. The first kappa shape index (κ1) is 27.1. The Labute approximate surface area is 225 Å². The van der Waals surface area contributed by atoms with Gasteiger partial charge in [0.15, 0.2) is 0 Å². The van der Waals surface area contributed by atoms with E-state index in [2.05, 4.69) is 20.0 Å². The second-order valence-electron chi connectivity index (χ2n) is 8.94. The van der Waals surface area contributed by atoms with Crippen LogP contribution in [0.4, 0.5) is 5.69 Å². The molecule has 3 aromatic carbocycles. The van der Waals surface area contributed by atoms with Crippen molar-refractivity contribution in [2.45, 2.75) is 38.1 Å². The summed E-state index contributed by atoms with van der Waals surface area (Å²) < 4.78 is 28.2. The molecule has 1 aromatic heterocycles. The van der Waals surface area contributed by atoms with Crippen LogP contribution in [-0.2, 0) is 35.3 Å². The third kappa shape index (κ3) is 7.08. The number of H-pyrrole nitrogens is 1. The number of hydrogen-bond donors (Lipinski definition) is 4. The van der Waals surface area contributed by atoms with Gasteiger partial charge in [-0.1, -0.05) is 67.6 Å². The Morgan fingerprint density at radius 1 is 1.00 bits per heavy atom. The summed E-state index contributed by atoms with van der Waals surface area (Å²) in [5.74, 6) is 0.720. The lowest BCUT2D eigenvalue weighted by Gasteiger charge is -2.24. The van der Waals surface area contributed by atoms with Crippen molar-refractivity contribution in [1.29, 1.82) is 0 Å². The van der Waals surface area contributed by atoms with Gasteiger partial charge in [0.1, 0.15) is 11.6 Å². The van der Waals surface area contributed by atoms with E-state index in [4.69, 9.17) is 9.29 Å². The molecule has 0 saturated heterocycles. The van der Waals surface area contributed by atoms with Crippen molar-refractivity contribution < 1.29 is 18.3 Å². The third-order valence-corrected chi connectivity index (χ3v) is 6.80. The fourth-order valence-electron chi connectivity index (χ4n) is 4.42. The average molecular weight is 533 g/mol. The van der Waals surface area contributed by atoms with Crippen molar-refractivity contribution in [2.75, 3.05) is 11.8 Å². The van der Waals surface area contributed by atoms with Crippen LogP contribution in [0.3, 0.4) is 0 Å². The molecule has 4 N–H and O–H groups in total. The van der Waals surface area contributed by atoms with E-state index < -0.39 is 23.2 Å². The normalized spacial score (nSPS) is 13.3. The number of carbonyl (C=O) groups is 1. The van der Waals surface area contributed by atoms with Crippen LogP contribution in [0.5, 0.6) is 5.75 Å². The van der Waals surface area contributed by atoms with E-state index >= 15 is 0 Å². The number of amides is 1. The summed E-state index contributed by atoms with van der Waals surface area (Å²) in [6, 6.07) is 24.3. The van der Waals surface area contributed by atoms with E-state index in [-0.39, 0.29) is 5.91 Å². The Hall–Kier alpha value is -3.95. The highest BCUT2D eigenvalue weighted by molar-refractivity contribution is 7.80. The number of aryl methyl sites for hydroxylation is 1. The number of rotatable bonds is 12. The van der Waals surface area contributed by atoms with Gasteiger partial charge in [-0.15, -0.1) is 0 Å². The molecule has 1 heterocycles. The van der Waals surface area contributed by atoms with Crippen molar-refractivity contribution in [3.63, 3.8) is 0 Å². The van der Waals surface area contributed by atoms with Crippen molar-refractivity contribution in [2.24, 2.45) is 0 Å². The summed E-state index contributed by atoms with van der Waals surface area (Å²) in [5, 5.41) is 3.24. The topological polar surface area (TPSA) is 116 Å². The molecular formula is C29H32N4O4S. The van der Waals surface area contributed by atoms with Gasteiger partial charge in [0.25, 0.3) is 11.3 Å². The number of aromatic nitrogens is 2. The van der Waals surface area contributed by atoms with E-state index in [1.807, 2.05) is 73.7 Å². The number of nitrogens with zero attached hydrogens (tertiary/aromatic N) is 1. The summed E-state index contributed by atoms with van der Waals surface area (Å²) in [5.41, 5.74) is 4.31. The first-order chi connectivity index (χ1) is 18.5. The first-order valence-electron chi connectivity index (χ1n) is 12.4. The number of para-hydroxylation sites is 1. The van der Waals surface area contributed by atoms with E-state index in [0.29, 0.717) is 30.1 Å². The van der Waals surface area contributed by atoms with Crippen molar-refractivity contribution in [3.05, 3.63) is 113 Å². The molecule has 0 aliphatic rings. The minimum absolute atomic E-state index is 0.133. The maximum Gasteiger partial charge on any atom is 0.259 e. The van der Waals surface area contributed by atoms with Crippen LogP contribution < -0.4 is 14.8 Å². The number of benzene rings is 3. The smallest absolute Gasteiger partial charge is 0.259 e. The summed E-state index contributed by atoms with van der Waals surface area (Å²) in [4.78, 5) is 21.9. The predicted molar refractivity (Wildman–Crippen MR) is 149 cm³/mol. The molecule has 8 nitrogen and oxygen atoms in total. The SMILES string of the molecule is CCc1cnc([C@H](Cc2ccc(NS(=O)O)cc2)NC(=O)C(Cc2ccccc2)c2ccccc2OC)[nH]1. The molecule has 9 heteroatoms.